The molecule has 0 saturated heterocycles. The summed E-state index contributed by atoms with van der Waals surface area (Å²) in [6.07, 6.45) is 0. The van der Waals surface area contributed by atoms with Gasteiger partial charge in [-0.15, -0.1) is 11.3 Å². The fraction of sp³-hybridized carbons (Fsp3) is 0.0182. The van der Waals surface area contributed by atoms with Crippen molar-refractivity contribution in [3.05, 3.63) is 235 Å². The van der Waals surface area contributed by atoms with Crippen LogP contribution < -0.4 is 4.90 Å². The maximum atomic E-state index is 6.56. The number of hydrogen-bond acceptors (Lipinski definition) is 3. The highest BCUT2D eigenvalue weighted by molar-refractivity contribution is 7.26. The van der Waals surface area contributed by atoms with E-state index in [1.54, 1.807) is 0 Å². The Morgan fingerprint density at radius 1 is 0.414 bits per heavy atom. The summed E-state index contributed by atoms with van der Waals surface area (Å²) in [5.74, 6) is 0. The van der Waals surface area contributed by atoms with Crippen molar-refractivity contribution < 1.29 is 4.42 Å². The molecule has 1 aliphatic rings. The number of anilines is 3. The lowest BCUT2D eigenvalue weighted by molar-refractivity contribution is 0.670. The van der Waals surface area contributed by atoms with E-state index in [2.05, 4.69) is 211 Å². The predicted molar refractivity (Wildman–Crippen MR) is 244 cm³/mol. The normalized spacial score (nSPS) is 13.0. The van der Waals surface area contributed by atoms with Crippen LogP contribution in [0.25, 0.3) is 64.4 Å². The molecule has 0 amide bonds. The van der Waals surface area contributed by atoms with Crippen LogP contribution in [-0.2, 0) is 5.41 Å². The lowest BCUT2D eigenvalue weighted by Crippen LogP contribution is -2.28. The highest BCUT2D eigenvalue weighted by Gasteiger charge is 2.46. The summed E-state index contributed by atoms with van der Waals surface area (Å²) in [5.41, 5.74) is 14.5. The van der Waals surface area contributed by atoms with Crippen molar-refractivity contribution >= 4 is 70.5 Å². The van der Waals surface area contributed by atoms with E-state index in [4.69, 9.17) is 4.42 Å². The number of thiophene rings is 1. The Balaban J connectivity index is 1.12. The number of furan rings is 1. The van der Waals surface area contributed by atoms with Gasteiger partial charge in [0, 0.05) is 43.2 Å². The Bertz CT molecular complexity index is 3320. The van der Waals surface area contributed by atoms with Gasteiger partial charge in [-0.2, -0.15) is 0 Å². The molecular formula is C55H35NOS. The minimum atomic E-state index is -0.464. The summed E-state index contributed by atoms with van der Waals surface area (Å²) in [6, 6.07) is 77.5. The molecule has 0 spiro atoms. The van der Waals surface area contributed by atoms with Gasteiger partial charge in [0.05, 0.1) is 15.8 Å². The third-order valence-electron chi connectivity index (χ3n) is 12.1. The van der Waals surface area contributed by atoms with E-state index in [1.165, 1.54) is 53.6 Å². The van der Waals surface area contributed by atoms with Crippen LogP contribution in [0, 0.1) is 0 Å². The lowest BCUT2D eigenvalue weighted by atomic mass is 9.68. The molecule has 0 N–H and O–H groups in total. The molecule has 0 aliphatic heterocycles. The maximum absolute atomic E-state index is 6.56. The fourth-order valence-electron chi connectivity index (χ4n) is 9.70. The zero-order chi connectivity index (χ0) is 38.2. The van der Waals surface area contributed by atoms with E-state index in [-0.39, 0.29) is 0 Å². The minimum Gasteiger partial charge on any atom is -0.455 e. The van der Waals surface area contributed by atoms with Crippen LogP contribution >= 0.6 is 11.3 Å². The summed E-state index contributed by atoms with van der Waals surface area (Å²) < 4.78 is 9.11. The Kier molecular flexibility index (Phi) is 7.35. The Hall–Kier alpha value is -7.20. The van der Waals surface area contributed by atoms with Gasteiger partial charge < -0.3 is 9.32 Å². The molecule has 2 aromatic heterocycles. The topological polar surface area (TPSA) is 16.4 Å². The third-order valence-corrected chi connectivity index (χ3v) is 13.4. The SMILES string of the molecule is c1ccc(C2(c3ccccc3)c3ccccc3-c3cc(N(c4cccc(-c5cccc6c5oc5ccccc56)c4)c4cccc5c4sc4ccccc45)ccc32)cc1. The quantitative estimate of drug-likeness (QED) is 0.168. The first-order valence-electron chi connectivity index (χ1n) is 19.8. The third kappa shape index (κ3) is 4.78. The monoisotopic (exact) mass is 757 g/mol. The smallest absolute Gasteiger partial charge is 0.143 e. The Labute approximate surface area is 340 Å². The van der Waals surface area contributed by atoms with E-state index in [9.17, 15) is 0 Å². The van der Waals surface area contributed by atoms with Gasteiger partial charge in [-0.05, 0) is 81.4 Å². The van der Waals surface area contributed by atoms with Crippen LogP contribution in [0.3, 0.4) is 0 Å². The highest BCUT2D eigenvalue weighted by atomic mass is 32.1. The first-order valence-corrected chi connectivity index (χ1v) is 20.7. The average molecular weight is 758 g/mol. The number of hydrogen-bond donors (Lipinski definition) is 0. The van der Waals surface area contributed by atoms with E-state index in [1.807, 2.05) is 17.4 Å². The van der Waals surface area contributed by atoms with Crippen molar-refractivity contribution in [1.82, 2.24) is 0 Å². The number of para-hydroxylation sites is 2. The molecule has 0 radical (unpaired) electrons. The summed E-state index contributed by atoms with van der Waals surface area (Å²) in [6.45, 7) is 0. The Morgan fingerprint density at radius 3 is 1.88 bits per heavy atom. The summed E-state index contributed by atoms with van der Waals surface area (Å²) >= 11 is 1.86. The molecular weight excluding hydrogens is 723 g/mol. The van der Waals surface area contributed by atoms with E-state index in [0.717, 1.165) is 50.1 Å². The summed E-state index contributed by atoms with van der Waals surface area (Å²) in [5, 5.41) is 4.81. The maximum Gasteiger partial charge on any atom is 0.143 e. The molecule has 58 heavy (non-hydrogen) atoms. The van der Waals surface area contributed by atoms with Crippen LogP contribution in [0.15, 0.2) is 217 Å². The number of benzene rings is 9. The second-order valence-electron chi connectivity index (χ2n) is 15.2. The van der Waals surface area contributed by atoms with E-state index in [0.29, 0.717) is 0 Å². The van der Waals surface area contributed by atoms with Crippen LogP contribution in [-0.4, -0.2) is 0 Å². The van der Waals surface area contributed by atoms with E-state index < -0.39 is 5.41 Å². The minimum absolute atomic E-state index is 0.464. The number of rotatable bonds is 6. The first kappa shape index (κ1) is 33.0. The molecule has 272 valence electrons. The first-order chi connectivity index (χ1) is 28.8. The van der Waals surface area contributed by atoms with Gasteiger partial charge in [0.1, 0.15) is 11.2 Å². The molecule has 0 bridgehead atoms. The molecule has 3 heteroatoms. The molecule has 9 aromatic carbocycles. The van der Waals surface area contributed by atoms with Crippen molar-refractivity contribution in [3.63, 3.8) is 0 Å². The molecule has 2 nitrogen and oxygen atoms in total. The number of fused-ring (bicyclic) bond motifs is 9. The fourth-order valence-corrected chi connectivity index (χ4v) is 10.9. The molecule has 0 unspecified atom stereocenters. The number of nitrogens with zero attached hydrogens (tertiary/aromatic N) is 1. The summed E-state index contributed by atoms with van der Waals surface area (Å²) in [7, 11) is 0. The van der Waals surface area contributed by atoms with Crippen LogP contribution in [0.5, 0.6) is 0 Å². The van der Waals surface area contributed by atoms with Gasteiger partial charge in [-0.3, -0.25) is 0 Å². The molecule has 0 saturated carbocycles. The van der Waals surface area contributed by atoms with Gasteiger partial charge >= 0.3 is 0 Å². The lowest BCUT2D eigenvalue weighted by Gasteiger charge is -2.34. The molecule has 0 fully saturated rings. The van der Waals surface area contributed by atoms with Gasteiger partial charge in [-0.1, -0.05) is 170 Å². The molecule has 11 aromatic rings. The van der Waals surface area contributed by atoms with Crippen molar-refractivity contribution in [1.29, 1.82) is 0 Å². The van der Waals surface area contributed by atoms with Gasteiger partial charge in [0.25, 0.3) is 0 Å². The zero-order valence-corrected chi connectivity index (χ0v) is 32.3. The molecule has 1 aliphatic carbocycles. The largest absolute Gasteiger partial charge is 0.455 e. The second-order valence-corrected chi connectivity index (χ2v) is 16.2. The standard InChI is InChI=1S/C55H35NOS/c1-3-17-37(18-4-1)55(38-19-5-2-6-20-38)48-28-10-7-22-42(48)47-35-40(32-33-49(47)55)56(50-29-15-27-46-44-24-9-12-31-52(44)58-54(46)50)39-21-13-16-36(34-39)41-25-14-26-45-43-23-8-11-30-51(43)57-53(41)45/h1-35H. The molecule has 2 heterocycles. The predicted octanol–water partition coefficient (Wildman–Crippen LogP) is 15.5. The van der Waals surface area contributed by atoms with Gasteiger partial charge in [-0.25, -0.2) is 0 Å². The average Bonchev–Trinajstić information content (AvgIpc) is 3.96. The Morgan fingerprint density at radius 2 is 1.03 bits per heavy atom. The summed E-state index contributed by atoms with van der Waals surface area (Å²) in [4.78, 5) is 2.47. The van der Waals surface area contributed by atoms with Crippen molar-refractivity contribution in [2.75, 3.05) is 4.90 Å². The van der Waals surface area contributed by atoms with E-state index >= 15 is 0 Å². The van der Waals surface area contributed by atoms with Crippen LogP contribution in [0.2, 0.25) is 0 Å². The second kappa shape index (κ2) is 12.9. The van der Waals surface area contributed by atoms with Crippen molar-refractivity contribution in [3.8, 4) is 22.3 Å². The van der Waals surface area contributed by atoms with Gasteiger partial charge in [0.15, 0.2) is 0 Å². The zero-order valence-electron chi connectivity index (χ0n) is 31.5. The van der Waals surface area contributed by atoms with Crippen molar-refractivity contribution in [2.24, 2.45) is 0 Å². The molecule has 0 atom stereocenters. The van der Waals surface area contributed by atoms with Crippen molar-refractivity contribution in [2.45, 2.75) is 5.41 Å². The molecule has 12 rings (SSSR count). The van der Waals surface area contributed by atoms with Crippen LogP contribution in [0.1, 0.15) is 22.3 Å². The highest BCUT2D eigenvalue weighted by Crippen LogP contribution is 2.57. The van der Waals surface area contributed by atoms with Crippen LogP contribution in [0.4, 0.5) is 17.1 Å². The van der Waals surface area contributed by atoms with Gasteiger partial charge in [0.2, 0.25) is 0 Å².